The second-order valence-electron chi connectivity index (χ2n) is 8.09. The van der Waals surface area contributed by atoms with Crippen LogP contribution in [0, 0.1) is 0 Å². The number of carbonyl (C=O) groups is 1. The van der Waals surface area contributed by atoms with Gasteiger partial charge in [-0.3, -0.25) is 9.78 Å². The Morgan fingerprint density at radius 3 is 2.71 bits per heavy atom. The summed E-state index contributed by atoms with van der Waals surface area (Å²) in [6.07, 6.45) is 10.3. The molecule has 5 rings (SSSR count). The van der Waals surface area contributed by atoms with Crippen LogP contribution in [0.2, 0.25) is 0 Å². The predicted octanol–water partition coefficient (Wildman–Crippen LogP) is 3.30. The number of fused-ring (bicyclic) bond motifs is 1. The van der Waals surface area contributed by atoms with Gasteiger partial charge in [-0.25, -0.2) is 4.68 Å². The van der Waals surface area contributed by atoms with E-state index < -0.39 is 6.10 Å². The third-order valence-corrected chi connectivity index (χ3v) is 5.98. The normalized spacial score (nSPS) is 18.9. The predicted molar refractivity (Wildman–Crippen MR) is 118 cm³/mol. The van der Waals surface area contributed by atoms with Gasteiger partial charge in [-0.1, -0.05) is 25.0 Å². The molecular formula is C24H25N5O2. The number of amides is 1. The first kappa shape index (κ1) is 19.5. The fraction of sp³-hybridized carbons (Fsp3) is 0.292. The summed E-state index contributed by atoms with van der Waals surface area (Å²) in [6, 6.07) is 13.8. The Kier molecular flexibility index (Phi) is 5.26. The van der Waals surface area contributed by atoms with Gasteiger partial charge < -0.3 is 15.0 Å². The van der Waals surface area contributed by atoms with E-state index in [1.807, 2.05) is 47.4 Å². The maximum Gasteiger partial charge on any atom is 0.255 e. The van der Waals surface area contributed by atoms with Crippen LogP contribution in [0.25, 0.3) is 16.7 Å². The van der Waals surface area contributed by atoms with E-state index in [9.17, 15) is 9.90 Å². The highest BCUT2D eigenvalue weighted by Crippen LogP contribution is 2.23. The van der Waals surface area contributed by atoms with E-state index >= 15 is 0 Å². The van der Waals surface area contributed by atoms with Crippen LogP contribution in [0.3, 0.4) is 0 Å². The number of hydrogen-bond acceptors (Lipinski definition) is 4. The van der Waals surface area contributed by atoms with Crippen LogP contribution >= 0.6 is 0 Å². The molecule has 3 aromatic heterocycles. The Labute approximate surface area is 180 Å². The number of hydrogen-bond donors (Lipinski definition) is 2. The maximum atomic E-state index is 13.0. The molecule has 1 aliphatic carbocycles. The zero-order chi connectivity index (χ0) is 21.2. The largest absolute Gasteiger partial charge is 0.391 e. The second kappa shape index (κ2) is 8.35. The fourth-order valence-electron chi connectivity index (χ4n) is 4.32. The molecule has 2 N–H and O–H groups in total. The van der Waals surface area contributed by atoms with Crippen molar-refractivity contribution >= 4 is 16.9 Å². The number of rotatable bonds is 5. The van der Waals surface area contributed by atoms with Crippen molar-refractivity contribution in [3.63, 3.8) is 0 Å². The smallest absolute Gasteiger partial charge is 0.255 e. The number of aromatic nitrogens is 4. The average Bonchev–Trinajstić information content (AvgIpc) is 3.45. The van der Waals surface area contributed by atoms with Crippen molar-refractivity contribution in [2.45, 2.75) is 44.4 Å². The Hall–Kier alpha value is -3.45. The van der Waals surface area contributed by atoms with Crippen molar-refractivity contribution < 1.29 is 9.90 Å². The van der Waals surface area contributed by atoms with Crippen LogP contribution in [0.4, 0.5) is 0 Å². The number of benzene rings is 1. The van der Waals surface area contributed by atoms with Gasteiger partial charge in [0.25, 0.3) is 5.91 Å². The van der Waals surface area contributed by atoms with Crippen molar-refractivity contribution in [1.29, 1.82) is 0 Å². The van der Waals surface area contributed by atoms with Crippen LogP contribution in [0.5, 0.6) is 0 Å². The van der Waals surface area contributed by atoms with E-state index in [0.717, 1.165) is 42.5 Å². The molecule has 4 aromatic rings. The Balaban J connectivity index is 1.40. The van der Waals surface area contributed by atoms with Gasteiger partial charge in [0.15, 0.2) is 0 Å². The lowest BCUT2D eigenvalue weighted by atomic mass is 9.92. The average molecular weight is 415 g/mol. The molecular weight excluding hydrogens is 390 g/mol. The Morgan fingerprint density at radius 2 is 1.94 bits per heavy atom. The van der Waals surface area contributed by atoms with E-state index in [1.54, 1.807) is 12.4 Å². The first-order chi connectivity index (χ1) is 15.2. The summed E-state index contributed by atoms with van der Waals surface area (Å²) >= 11 is 0. The van der Waals surface area contributed by atoms with Crippen molar-refractivity contribution in [3.05, 3.63) is 78.4 Å². The molecule has 31 heavy (non-hydrogen) atoms. The molecule has 3 heterocycles. The molecule has 0 saturated heterocycles. The Bertz CT molecular complexity index is 1180. The van der Waals surface area contributed by atoms with Crippen molar-refractivity contribution in [1.82, 2.24) is 24.6 Å². The summed E-state index contributed by atoms with van der Waals surface area (Å²) in [5, 5.41) is 17.5. The van der Waals surface area contributed by atoms with E-state index in [4.69, 9.17) is 0 Å². The summed E-state index contributed by atoms with van der Waals surface area (Å²) < 4.78 is 3.87. The first-order valence-corrected chi connectivity index (χ1v) is 10.7. The topological polar surface area (TPSA) is 85.0 Å². The minimum atomic E-state index is -0.479. The lowest BCUT2D eigenvalue weighted by Crippen LogP contribution is -2.45. The van der Waals surface area contributed by atoms with Gasteiger partial charge in [0, 0.05) is 31.3 Å². The van der Waals surface area contributed by atoms with Crippen molar-refractivity contribution in [3.8, 4) is 5.69 Å². The molecule has 158 valence electrons. The second-order valence-corrected chi connectivity index (χ2v) is 8.09. The third-order valence-electron chi connectivity index (χ3n) is 5.98. The molecule has 0 spiro atoms. The van der Waals surface area contributed by atoms with Crippen LogP contribution in [0.1, 0.15) is 41.6 Å². The summed E-state index contributed by atoms with van der Waals surface area (Å²) in [7, 11) is 0. The van der Waals surface area contributed by atoms with Gasteiger partial charge in [-0.05, 0) is 48.7 Å². The van der Waals surface area contributed by atoms with Crippen LogP contribution in [-0.2, 0) is 6.54 Å². The number of pyridine rings is 1. The number of aliphatic hydroxyl groups is 1. The van der Waals surface area contributed by atoms with Gasteiger partial charge in [0.1, 0.15) is 5.52 Å². The van der Waals surface area contributed by atoms with Gasteiger partial charge in [0.2, 0.25) is 0 Å². The van der Waals surface area contributed by atoms with Crippen LogP contribution in [0.15, 0.2) is 67.3 Å². The Morgan fingerprint density at radius 1 is 1.10 bits per heavy atom. The molecule has 1 aromatic carbocycles. The zero-order valence-electron chi connectivity index (χ0n) is 17.2. The third kappa shape index (κ3) is 3.96. The molecule has 0 radical (unpaired) electrons. The molecule has 0 aliphatic heterocycles. The van der Waals surface area contributed by atoms with Crippen LogP contribution < -0.4 is 5.32 Å². The van der Waals surface area contributed by atoms with Gasteiger partial charge in [0.05, 0.1) is 28.9 Å². The molecule has 1 aliphatic rings. The van der Waals surface area contributed by atoms with E-state index in [2.05, 4.69) is 32.1 Å². The summed E-state index contributed by atoms with van der Waals surface area (Å²) in [5.74, 6) is -0.178. The van der Waals surface area contributed by atoms with Gasteiger partial charge in [-0.15, -0.1) is 0 Å². The lowest BCUT2D eigenvalue weighted by molar-refractivity contribution is 0.0718. The molecule has 7 heteroatoms. The molecule has 1 amide bonds. The number of carbonyl (C=O) groups excluding carboxylic acids is 1. The number of aliphatic hydroxyl groups excluding tert-OH is 1. The van der Waals surface area contributed by atoms with Crippen molar-refractivity contribution in [2.24, 2.45) is 0 Å². The van der Waals surface area contributed by atoms with Gasteiger partial charge in [-0.2, -0.15) is 5.10 Å². The number of nitrogens with zero attached hydrogens (tertiary/aromatic N) is 4. The van der Waals surface area contributed by atoms with E-state index in [0.29, 0.717) is 17.6 Å². The first-order valence-electron chi connectivity index (χ1n) is 10.7. The van der Waals surface area contributed by atoms with Crippen molar-refractivity contribution in [2.75, 3.05) is 0 Å². The molecule has 0 unspecified atom stereocenters. The monoisotopic (exact) mass is 415 g/mol. The maximum absolute atomic E-state index is 13.0. The van der Waals surface area contributed by atoms with E-state index in [1.165, 1.54) is 0 Å². The fourth-order valence-corrected chi connectivity index (χ4v) is 4.32. The molecule has 0 bridgehead atoms. The quantitative estimate of drug-likeness (QED) is 0.524. The number of nitrogens with one attached hydrogen (secondary N) is 1. The standard InChI is InChI=1S/C24H25N5O2/c30-22-7-2-1-5-20(22)27-24(31)19-16-28(21-6-3-12-25-23(19)21)15-17-8-10-18(11-9-17)29-14-4-13-26-29/h3-4,6,8-14,16,20,22,30H,1-2,5,7,15H2,(H,27,31)/t20-,22-/m1/s1. The molecule has 1 saturated carbocycles. The minimum absolute atomic E-state index is 0.178. The lowest BCUT2D eigenvalue weighted by Gasteiger charge is -2.28. The highest BCUT2D eigenvalue weighted by atomic mass is 16.3. The minimum Gasteiger partial charge on any atom is -0.391 e. The SMILES string of the molecule is O=C(N[C@@H]1CCCC[C@H]1O)c1cn(Cc2ccc(-n3cccn3)cc2)c2cccnc12. The van der Waals surface area contributed by atoms with Crippen LogP contribution in [-0.4, -0.2) is 42.5 Å². The molecule has 2 atom stereocenters. The summed E-state index contributed by atoms with van der Waals surface area (Å²) in [4.78, 5) is 17.5. The highest BCUT2D eigenvalue weighted by molar-refractivity contribution is 6.05. The molecule has 1 fully saturated rings. The molecule has 7 nitrogen and oxygen atoms in total. The van der Waals surface area contributed by atoms with E-state index in [-0.39, 0.29) is 11.9 Å². The zero-order valence-corrected chi connectivity index (χ0v) is 17.2. The van der Waals surface area contributed by atoms with Gasteiger partial charge >= 0.3 is 0 Å². The summed E-state index contributed by atoms with van der Waals surface area (Å²) in [5.41, 5.74) is 4.25. The summed E-state index contributed by atoms with van der Waals surface area (Å²) in [6.45, 7) is 0.626. The highest BCUT2D eigenvalue weighted by Gasteiger charge is 2.26.